The summed E-state index contributed by atoms with van der Waals surface area (Å²) in [5.74, 6) is -1.16. The molecule has 1 fully saturated rings. The summed E-state index contributed by atoms with van der Waals surface area (Å²) in [4.78, 5) is 10.4. The molecule has 64 valence electrons. The minimum absolute atomic E-state index is 0.0900. The van der Waals surface area contributed by atoms with Crippen molar-refractivity contribution in [2.75, 3.05) is 6.54 Å². The van der Waals surface area contributed by atoms with Crippen molar-refractivity contribution in [2.24, 2.45) is 0 Å². The summed E-state index contributed by atoms with van der Waals surface area (Å²) in [6.07, 6.45) is 0. The normalized spacial score (nSPS) is 39.4. The Morgan fingerprint density at radius 1 is 1.55 bits per heavy atom. The fourth-order valence-electron chi connectivity index (χ4n) is 1.02. The molecule has 0 aliphatic carbocycles. The predicted octanol–water partition coefficient (Wildman–Crippen LogP) is 0.359. The van der Waals surface area contributed by atoms with Crippen LogP contribution in [0.4, 0.5) is 0 Å². The van der Waals surface area contributed by atoms with E-state index < -0.39 is 22.8 Å². The van der Waals surface area contributed by atoms with Gasteiger partial charge in [0.05, 0.1) is 10.8 Å². The van der Waals surface area contributed by atoms with Crippen LogP contribution in [0.2, 0.25) is 0 Å². The van der Waals surface area contributed by atoms with Gasteiger partial charge in [-0.1, -0.05) is 0 Å². The molecule has 1 heterocycles. The van der Waals surface area contributed by atoms with E-state index in [9.17, 15) is 4.79 Å². The maximum absolute atomic E-state index is 10.4. The van der Waals surface area contributed by atoms with E-state index in [0.29, 0.717) is 5.06 Å². The van der Waals surface area contributed by atoms with Crippen LogP contribution >= 0.6 is 23.2 Å². The molecule has 1 aliphatic rings. The van der Waals surface area contributed by atoms with Gasteiger partial charge in [-0.05, 0) is 0 Å². The molecule has 4 nitrogen and oxygen atoms in total. The first-order valence-corrected chi connectivity index (χ1v) is 3.88. The van der Waals surface area contributed by atoms with E-state index in [4.69, 9.17) is 33.5 Å². The summed E-state index contributed by atoms with van der Waals surface area (Å²) in [5.41, 5.74) is 0. The maximum atomic E-state index is 10.4. The second kappa shape index (κ2) is 3.15. The second-order valence-electron chi connectivity index (χ2n) is 2.37. The van der Waals surface area contributed by atoms with Gasteiger partial charge >= 0.3 is 5.97 Å². The number of rotatable bonds is 1. The smallest absolute Gasteiger partial charge is 0.324 e. The Labute approximate surface area is 73.3 Å². The molecule has 0 bridgehead atoms. The molecule has 2 N–H and O–H groups in total. The van der Waals surface area contributed by atoms with Gasteiger partial charge in [0, 0.05) is 6.54 Å². The van der Waals surface area contributed by atoms with Gasteiger partial charge in [0.2, 0.25) is 0 Å². The van der Waals surface area contributed by atoms with Crippen molar-refractivity contribution in [3.8, 4) is 0 Å². The van der Waals surface area contributed by atoms with Crippen molar-refractivity contribution in [1.82, 2.24) is 5.06 Å². The zero-order valence-electron chi connectivity index (χ0n) is 5.44. The lowest BCUT2D eigenvalue weighted by molar-refractivity contribution is -0.160. The molecule has 0 aromatic rings. The third-order valence-corrected chi connectivity index (χ3v) is 2.66. The molecule has 11 heavy (non-hydrogen) atoms. The van der Waals surface area contributed by atoms with Crippen LogP contribution < -0.4 is 0 Å². The van der Waals surface area contributed by atoms with E-state index >= 15 is 0 Å². The molecule has 0 amide bonds. The van der Waals surface area contributed by atoms with Gasteiger partial charge in [0.1, 0.15) is 6.04 Å². The summed E-state index contributed by atoms with van der Waals surface area (Å²) in [6, 6.07) is -1.08. The van der Waals surface area contributed by atoms with Gasteiger partial charge in [0.25, 0.3) is 0 Å². The number of carboxylic acids is 1. The highest BCUT2D eigenvalue weighted by atomic mass is 35.5. The third kappa shape index (κ3) is 1.59. The van der Waals surface area contributed by atoms with Crippen molar-refractivity contribution >= 4 is 29.2 Å². The largest absolute Gasteiger partial charge is 0.480 e. The number of carboxylic acid groups (broad SMARTS) is 1. The maximum Gasteiger partial charge on any atom is 0.324 e. The lowest BCUT2D eigenvalue weighted by Gasteiger charge is -2.13. The number of alkyl halides is 2. The van der Waals surface area contributed by atoms with Gasteiger partial charge in [-0.25, -0.2) is 0 Å². The number of hydrogen-bond acceptors (Lipinski definition) is 3. The molecular formula is C5H7Cl2NO3. The molecule has 1 aliphatic heterocycles. The highest BCUT2D eigenvalue weighted by Gasteiger charge is 2.43. The number of hydroxylamine groups is 2. The molecule has 1 saturated heterocycles. The van der Waals surface area contributed by atoms with E-state index in [1.54, 1.807) is 0 Å². The summed E-state index contributed by atoms with van der Waals surface area (Å²) >= 11 is 11.2. The Kier molecular flexibility index (Phi) is 2.59. The monoisotopic (exact) mass is 199 g/mol. The van der Waals surface area contributed by atoms with E-state index in [1.165, 1.54) is 0 Å². The standard InChI is InChI=1S/C5H7Cl2NO3/c6-2-1-8(11)4(3(2)7)5(9)10/h2-4,11H,1H2,(H,9,10). The van der Waals surface area contributed by atoms with E-state index in [2.05, 4.69) is 0 Å². The zero-order chi connectivity index (χ0) is 8.59. The van der Waals surface area contributed by atoms with Crippen LogP contribution in [-0.2, 0) is 4.79 Å². The van der Waals surface area contributed by atoms with Gasteiger partial charge in [-0.3, -0.25) is 4.79 Å². The lowest BCUT2D eigenvalue weighted by atomic mass is 10.2. The minimum Gasteiger partial charge on any atom is -0.480 e. The average Bonchev–Trinajstić information content (AvgIpc) is 2.07. The van der Waals surface area contributed by atoms with Crippen LogP contribution in [0, 0.1) is 0 Å². The van der Waals surface area contributed by atoms with Gasteiger partial charge < -0.3 is 10.3 Å². The van der Waals surface area contributed by atoms with Crippen LogP contribution in [0.1, 0.15) is 0 Å². The first kappa shape index (κ1) is 9.06. The number of halogens is 2. The molecule has 0 radical (unpaired) electrons. The Morgan fingerprint density at radius 3 is 2.27 bits per heavy atom. The molecule has 0 spiro atoms. The fourth-order valence-corrected chi connectivity index (χ4v) is 1.62. The highest BCUT2D eigenvalue weighted by molar-refractivity contribution is 6.31. The van der Waals surface area contributed by atoms with Crippen molar-refractivity contribution in [3.63, 3.8) is 0 Å². The van der Waals surface area contributed by atoms with Crippen molar-refractivity contribution in [1.29, 1.82) is 0 Å². The Bertz CT molecular complexity index is 177. The van der Waals surface area contributed by atoms with Crippen molar-refractivity contribution in [3.05, 3.63) is 0 Å². The molecule has 1 rings (SSSR count). The first-order chi connectivity index (χ1) is 5.04. The fraction of sp³-hybridized carbons (Fsp3) is 0.800. The predicted molar refractivity (Wildman–Crippen MR) is 39.2 cm³/mol. The van der Waals surface area contributed by atoms with Crippen molar-refractivity contribution in [2.45, 2.75) is 16.8 Å². The molecule has 0 aromatic heterocycles. The van der Waals surface area contributed by atoms with Gasteiger partial charge in [-0.15, -0.1) is 23.2 Å². The highest BCUT2D eigenvalue weighted by Crippen LogP contribution is 2.25. The zero-order valence-corrected chi connectivity index (χ0v) is 6.96. The summed E-state index contributed by atoms with van der Waals surface area (Å²) in [7, 11) is 0. The Morgan fingerprint density at radius 2 is 2.09 bits per heavy atom. The molecule has 3 unspecified atom stereocenters. The van der Waals surface area contributed by atoms with Gasteiger partial charge in [-0.2, -0.15) is 5.06 Å². The Balaban J connectivity index is 2.71. The molecule has 6 heteroatoms. The molecule has 3 atom stereocenters. The van der Waals surface area contributed by atoms with Gasteiger partial charge in [0.15, 0.2) is 0 Å². The first-order valence-electron chi connectivity index (χ1n) is 3.00. The SMILES string of the molecule is O=C(O)C1C(Cl)C(Cl)CN1O. The quantitative estimate of drug-likeness (QED) is 0.600. The van der Waals surface area contributed by atoms with E-state index in [1.807, 2.05) is 0 Å². The van der Waals surface area contributed by atoms with Crippen LogP contribution in [0.25, 0.3) is 0 Å². The minimum atomic E-state index is -1.16. The van der Waals surface area contributed by atoms with Crippen LogP contribution in [0.3, 0.4) is 0 Å². The Hall–Kier alpha value is -0.0300. The second-order valence-corrected chi connectivity index (χ2v) is 3.43. The van der Waals surface area contributed by atoms with Crippen molar-refractivity contribution < 1.29 is 15.1 Å². The van der Waals surface area contributed by atoms with Crippen LogP contribution in [-0.4, -0.2) is 44.7 Å². The third-order valence-electron chi connectivity index (χ3n) is 1.58. The molecule has 0 saturated carbocycles. The van der Waals surface area contributed by atoms with Crippen LogP contribution in [0.15, 0.2) is 0 Å². The van der Waals surface area contributed by atoms with E-state index in [0.717, 1.165) is 0 Å². The van der Waals surface area contributed by atoms with E-state index in [-0.39, 0.29) is 6.54 Å². The molecular weight excluding hydrogens is 193 g/mol. The summed E-state index contributed by atoms with van der Waals surface area (Å²) in [5, 5.41) is 16.9. The summed E-state index contributed by atoms with van der Waals surface area (Å²) < 4.78 is 0. The number of hydrogen-bond donors (Lipinski definition) is 2. The lowest BCUT2D eigenvalue weighted by Crippen LogP contribution is -2.38. The topological polar surface area (TPSA) is 60.8 Å². The number of aliphatic carboxylic acids is 1. The average molecular weight is 200 g/mol. The summed E-state index contributed by atoms with van der Waals surface area (Å²) in [6.45, 7) is 0.0900. The molecule has 0 aromatic carbocycles. The van der Waals surface area contributed by atoms with Crippen LogP contribution in [0.5, 0.6) is 0 Å². The number of carbonyl (C=O) groups is 1. The number of nitrogens with zero attached hydrogens (tertiary/aromatic N) is 1.